The van der Waals surface area contributed by atoms with Crippen molar-refractivity contribution in [3.05, 3.63) is 35.9 Å². The molecule has 4 atom stereocenters. The van der Waals surface area contributed by atoms with Gasteiger partial charge in [0.05, 0.1) is 6.04 Å². The highest BCUT2D eigenvalue weighted by Crippen LogP contribution is 2.09. The highest BCUT2D eigenvalue weighted by molar-refractivity contribution is 7.98. The van der Waals surface area contributed by atoms with Crippen molar-refractivity contribution in [3.8, 4) is 0 Å². The second-order valence-corrected chi connectivity index (χ2v) is 9.56. The Kier molecular flexibility index (Phi) is 12.2. The summed E-state index contributed by atoms with van der Waals surface area (Å²) in [6.45, 7) is 0.713. The van der Waals surface area contributed by atoms with E-state index in [0.717, 1.165) is 6.42 Å². The number of hydrogen-bond donors (Lipinski definition) is 6. The van der Waals surface area contributed by atoms with E-state index in [1.165, 1.54) is 11.8 Å². The molecule has 12 heteroatoms. The predicted octanol–water partition coefficient (Wildman–Crippen LogP) is 0.138. The van der Waals surface area contributed by atoms with Gasteiger partial charge in [0.2, 0.25) is 17.7 Å². The van der Waals surface area contributed by atoms with Crippen LogP contribution in [0.25, 0.3) is 0 Å². The van der Waals surface area contributed by atoms with Crippen LogP contribution in [0.15, 0.2) is 30.3 Å². The monoisotopic (exact) mass is 522 g/mol. The number of benzene rings is 1. The molecule has 4 unspecified atom stereocenters. The smallest absolute Gasteiger partial charge is 0.326 e. The number of carboxylic acid groups (broad SMARTS) is 2. The Labute approximate surface area is 214 Å². The van der Waals surface area contributed by atoms with Gasteiger partial charge in [-0.1, -0.05) is 30.3 Å². The SMILES string of the molecule is CSCCC(NC(=O)C1CCCN1)C(=O)NC(CCC(=O)O)C(=O)NC(Cc1ccccc1)C(=O)O. The van der Waals surface area contributed by atoms with Crippen LogP contribution < -0.4 is 21.3 Å². The largest absolute Gasteiger partial charge is 0.481 e. The topological polar surface area (TPSA) is 174 Å². The van der Waals surface area contributed by atoms with Crippen LogP contribution in [0.3, 0.4) is 0 Å². The molecule has 0 aromatic heterocycles. The maximum Gasteiger partial charge on any atom is 0.326 e. The van der Waals surface area contributed by atoms with Crippen molar-refractivity contribution in [2.45, 2.75) is 62.7 Å². The number of rotatable bonds is 15. The van der Waals surface area contributed by atoms with E-state index in [4.69, 9.17) is 5.11 Å². The summed E-state index contributed by atoms with van der Waals surface area (Å²) < 4.78 is 0. The highest BCUT2D eigenvalue weighted by Gasteiger charge is 2.31. The summed E-state index contributed by atoms with van der Waals surface area (Å²) in [5, 5.41) is 29.4. The van der Waals surface area contributed by atoms with E-state index in [9.17, 15) is 29.1 Å². The zero-order valence-corrected chi connectivity index (χ0v) is 21.0. The van der Waals surface area contributed by atoms with Crippen LogP contribution in [-0.4, -0.2) is 82.6 Å². The van der Waals surface area contributed by atoms with E-state index in [1.807, 2.05) is 6.26 Å². The van der Waals surface area contributed by atoms with E-state index in [-0.39, 0.29) is 18.7 Å². The molecule has 0 bridgehead atoms. The van der Waals surface area contributed by atoms with E-state index in [2.05, 4.69) is 21.3 Å². The van der Waals surface area contributed by atoms with Crippen molar-refractivity contribution in [2.24, 2.45) is 0 Å². The lowest BCUT2D eigenvalue weighted by atomic mass is 10.0. The zero-order chi connectivity index (χ0) is 26.5. The minimum absolute atomic E-state index is 0.0162. The number of carboxylic acids is 2. The Balaban J connectivity index is 2.11. The Bertz CT molecular complexity index is 909. The third-order valence-electron chi connectivity index (χ3n) is 5.80. The van der Waals surface area contributed by atoms with Crippen molar-refractivity contribution in [3.63, 3.8) is 0 Å². The Morgan fingerprint density at radius 1 is 0.972 bits per heavy atom. The normalized spacial score (nSPS) is 17.4. The molecule has 1 aromatic carbocycles. The van der Waals surface area contributed by atoms with Crippen molar-refractivity contribution in [1.82, 2.24) is 21.3 Å². The third kappa shape index (κ3) is 9.86. The van der Waals surface area contributed by atoms with Gasteiger partial charge in [0.15, 0.2) is 0 Å². The molecule has 1 aliphatic heterocycles. The number of aliphatic carboxylic acids is 2. The fraction of sp³-hybridized carbons (Fsp3) is 0.542. The van der Waals surface area contributed by atoms with Crippen LogP contribution in [0, 0.1) is 0 Å². The Hall–Kier alpha value is -3.12. The number of carbonyl (C=O) groups is 5. The van der Waals surface area contributed by atoms with E-state index < -0.39 is 54.3 Å². The first-order valence-electron chi connectivity index (χ1n) is 11.8. The molecule has 1 aromatic rings. The fourth-order valence-corrected chi connectivity index (χ4v) is 4.29. The standard InChI is InChI=1S/C24H34N4O7S/c1-36-13-11-18(27-21(31)16-8-5-12-25-16)23(33)26-17(9-10-20(29)30)22(32)28-19(24(34)35)14-15-6-3-2-4-7-15/h2-4,6-7,16-19,25H,5,8-14H2,1H3,(H,26,33)(H,27,31)(H,28,32)(H,29,30)(H,34,35). The van der Waals surface area contributed by atoms with Gasteiger partial charge in [-0.15, -0.1) is 0 Å². The quantitative estimate of drug-likeness (QED) is 0.187. The molecule has 0 saturated carbocycles. The molecule has 36 heavy (non-hydrogen) atoms. The first-order valence-corrected chi connectivity index (χ1v) is 13.2. The Morgan fingerprint density at radius 3 is 2.17 bits per heavy atom. The average molecular weight is 523 g/mol. The van der Waals surface area contributed by atoms with Gasteiger partial charge in [0, 0.05) is 12.8 Å². The van der Waals surface area contributed by atoms with Gasteiger partial charge in [-0.05, 0) is 49.8 Å². The summed E-state index contributed by atoms with van der Waals surface area (Å²) in [6.07, 6.45) is 3.04. The second kappa shape index (κ2) is 15.1. The number of thioether (sulfide) groups is 1. The summed E-state index contributed by atoms with van der Waals surface area (Å²) in [6, 6.07) is 4.85. The molecule has 3 amide bonds. The van der Waals surface area contributed by atoms with Crippen molar-refractivity contribution < 1.29 is 34.2 Å². The number of nitrogens with one attached hydrogen (secondary N) is 4. The summed E-state index contributed by atoms with van der Waals surface area (Å²) in [5.41, 5.74) is 0.691. The number of amides is 3. The van der Waals surface area contributed by atoms with Crippen LogP contribution in [0.2, 0.25) is 0 Å². The molecule has 1 aliphatic rings. The second-order valence-electron chi connectivity index (χ2n) is 8.57. The molecule has 1 saturated heterocycles. The van der Waals surface area contributed by atoms with Gasteiger partial charge < -0.3 is 31.5 Å². The van der Waals surface area contributed by atoms with Crippen molar-refractivity contribution in [2.75, 3.05) is 18.6 Å². The molecular formula is C24H34N4O7S. The summed E-state index contributed by atoms with van der Waals surface area (Å²) in [4.78, 5) is 61.5. The van der Waals surface area contributed by atoms with Gasteiger partial charge >= 0.3 is 11.9 Å². The van der Waals surface area contributed by atoms with Gasteiger partial charge in [-0.3, -0.25) is 19.2 Å². The predicted molar refractivity (Wildman–Crippen MR) is 134 cm³/mol. The molecule has 0 radical (unpaired) electrons. The molecule has 2 rings (SSSR count). The molecule has 198 valence electrons. The highest BCUT2D eigenvalue weighted by atomic mass is 32.2. The molecule has 11 nitrogen and oxygen atoms in total. The summed E-state index contributed by atoms with van der Waals surface area (Å²) >= 11 is 1.49. The van der Waals surface area contributed by atoms with Crippen LogP contribution in [0.1, 0.15) is 37.7 Å². The molecule has 0 aliphatic carbocycles. The van der Waals surface area contributed by atoms with Gasteiger partial charge in [-0.2, -0.15) is 11.8 Å². The molecule has 1 heterocycles. The van der Waals surface area contributed by atoms with Crippen LogP contribution in [-0.2, 0) is 30.4 Å². The minimum atomic E-state index is -1.29. The maximum absolute atomic E-state index is 13.1. The molecule has 1 fully saturated rings. The van der Waals surface area contributed by atoms with Gasteiger partial charge in [-0.25, -0.2) is 4.79 Å². The Morgan fingerprint density at radius 2 is 1.61 bits per heavy atom. The number of hydrogen-bond acceptors (Lipinski definition) is 7. The minimum Gasteiger partial charge on any atom is -0.481 e. The van der Waals surface area contributed by atoms with E-state index in [1.54, 1.807) is 30.3 Å². The lowest BCUT2D eigenvalue weighted by molar-refractivity contribution is -0.143. The lowest BCUT2D eigenvalue weighted by Crippen LogP contribution is -2.57. The van der Waals surface area contributed by atoms with Gasteiger partial charge in [0.25, 0.3) is 0 Å². The molecular weight excluding hydrogens is 488 g/mol. The van der Waals surface area contributed by atoms with Crippen molar-refractivity contribution >= 4 is 41.4 Å². The first-order chi connectivity index (χ1) is 17.2. The van der Waals surface area contributed by atoms with E-state index in [0.29, 0.717) is 30.7 Å². The van der Waals surface area contributed by atoms with Crippen LogP contribution in [0.4, 0.5) is 0 Å². The molecule has 6 N–H and O–H groups in total. The average Bonchev–Trinajstić information content (AvgIpc) is 3.39. The summed E-state index contributed by atoms with van der Waals surface area (Å²) in [5.74, 6) is -3.60. The number of carbonyl (C=O) groups excluding carboxylic acids is 3. The fourth-order valence-electron chi connectivity index (χ4n) is 3.82. The maximum atomic E-state index is 13.1. The van der Waals surface area contributed by atoms with Crippen LogP contribution in [0.5, 0.6) is 0 Å². The first kappa shape index (κ1) is 29.1. The van der Waals surface area contributed by atoms with Crippen molar-refractivity contribution in [1.29, 1.82) is 0 Å². The van der Waals surface area contributed by atoms with Gasteiger partial charge in [0.1, 0.15) is 18.1 Å². The van der Waals surface area contributed by atoms with E-state index >= 15 is 0 Å². The molecule has 0 spiro atoms. The summed E-state index contributed by atoms with van der Waals surface area (Å²) in [7, 11) is 0. The van der Waals surface area contributed by atoms with Crippen LogP contribution >= 0.6 is 11.8 Å². The zero-order valence-electron chi connectivity index (χ0n) is 20.2. The third-order valence-corrected chi connectivity index (χ3v) is 6.44. The lowest BCUT2D eigenvalue weighted by Gasteiger charge is -2.25.